The topological polar surface area (TPSA) is 40.5 Å². The Morgan fingerprint density at radius 2 is 0.778 bits per heavy atom. The van der Waals surface area contributed by atoms with Crippen molar-refractivity contribution in [2.75, 3.05) is 0 Å². The van der Waals surface area contributed by atoms with Crippen LogP contribution in [0, 0.1) is 3.57 Å². The lowest BCUT2D eigenvalue weighted by atomic mass is 9.85. The molecule has 0 heterocycles. The molecule has 0 amide bonds. The summed E-state index contributed by atoms with van der Waals surface area (Å²) in [6.45, 7) is 0. The maximum Gasteiger partial charge on any atom is 0.430 e. The minimum Gasteiger partial charge on any atom is -0.369 e. The lowest BCUT2D eigenvalue weighted by Gasteiger charge is -2.37. The molecule has 0 aromatic heterocycles. The number of halogens is 13. The van der Waals surface area contributed by atoms with Gasteiger partial charge in [0.25, 0.3) is 11.2 Å². The molecule has 0 radical (unpaired) electrons. The average Bonchev–Trinajstić information content (AvgIpc) is 2.41. The van der Waals surface area contributed by atoms with Gasteiger partial charge in [0, 0.05) is 14.7 Å². The molecular formula is C12H5F12IO2. The van der Waals surface area contributed by atoms with Crippen molar-refractivity contribution in [3.8, 4) is 0 Å². The molecule has 0 aliphatic heterocycles. The molecule has 1 rings (SSSR count). The molecule has 0 aliphatic carbocycles. The molecule has 15 heteroatoms. The van der Waals surface area contributed by atoms with Gasteiger partial charge < -0.3 is 10.2 Å². The Hall–Kier alpha value is -0.970. The Labute approximate surface area is 154 Å². The maximum atomic E-state index is 12.9. The van der Waals surface area contributed by atoms with E-state index in [2.05, 4.69) is 0 Å². The standard InChI is InChI=1S/C12H5F12IO2/c13-9(14,15)7(26,10(16,17)18)4-2-1-3-5(6(4)25)8(27,11(19,20)21)12(22,23)24/h1-3,26-27H. The highest BCUT2D eigenvalue weighted by molar-refractivity contribution is 14.1. The summed E-state index contributed by atoms with van der Waals surface area (Å²) in [5.74, 6) is 0. The van der Waals surface area contributed by atoms with Gasteiger partial charge in [-0.3, -0.25) is 0 Å². The van der Waals surface area contributed by atoms with Gasteiger partial charge in [0.2, 0.25) is 0 Å². The van der Waals surface area contributed by atoms with Gasteiger partial charge in [-0.25, -0.2) is 0 Å². The molecule has 0 fully saturated rings. The van der Waals surface area contributed by atoms with Crippen LogP contribution >= 0.6 is 22.6 Å². The predicted molar refractivity (Wildman–Crippen MR) is 71.2 cm³/mol. The quantitative estimate of drug-likeness (QED) is 0.417. The Balaban J connectivity index is 3.98. The van der Waals surface area contributed by atoms with Crippen molar-refractivity contribution in [1.82, 2.24) is 0 Å². The van der Waals surface area contributed by atoms with Crippen LogP contribution in [0.25, 0.3) is 0 Å². The highest BCUT2D eigenvalue weighted by atomic mass is 127. The Bertz CT molecular complexity index is 616. The third-order valence-electron chi connectivity index (χ3n) is 3.42. The molecule has 1 aromatic rings. The molecule has 0 atom stereocenters. The van der Waals surface area contributed by atoms with E-state index in [1.807, 2.05) is 0 Å². The zero-order chi connectivity index (χ0) is 21.9. The van der Waals surface area contributed by atoms with Gasteiger partial charge in [0.1, 0.15) is 0 Å². The molecule has 156 valence electrons. The average molecular weight is 536 g/mol. The van der Waals surface area contributed by atoms with E-state index in [9.17, 15) is 62.9 Å². The lowest BCUT2D eigenvalue weighted by Crippen LogP contribution is -2.56. The normalized spacial score (nSPS) is 15.2. The fourth-order valence-electron chi connectivity index (χ4n) is 2.02. The van der Waals surface area contributed by atoms with Crippen LogP contribution in [0.15, 0.2) is 18.2 Å². The van der Waals surface area contributed by atoms with Crippen LogP contribution in [0.1, 0.15) is 11.1 Å². The first kappa shape index (κ1) is 24.1. The summed E-state index contributed by atoms with van der Waals surface area (Å²) in [6, 6.07) is -0.323. The van der Waals surface area contributed by atoms with Crippen LogP contribution in [-0.2, 0) is 11.2 Å². The van der Waals surface area contributed by atoms with Crippen molar-refractivity contribution in [2.24, 2.45) is 0 Å². The molecule has 1 aromatic carbocycles. The third-order valence-corrected chi connectivity index (χ3v) is 4.58. The molecule has 27 heavy (non-hydrogen) atoms. The minimum absolute atomic E-state index is 0.0161. The second kappa shape index (κ2) is 6.53. The molecule has 0 aliphatic rings. The Kier molecular flexibility index (Phi) is 5.83. The van der Waals surface area contributed by atoms with E-state index in [1.165, 1.54) is 0 Å². The number of hydrogen-bond donors (Lipinski definition) is 2. The molecule has 0 saturated carbocycles. The van der Waals surface area contributed by atoms with E-state index in [0.717, 1.165) is 0 Å². The van der Waals surface area contributed by atoms with Gasteiger partial charge in [-0.1, -0.05) is 18.2 Å². The number of aliphatic hydroxyl groups is 2. The molecule has 0 spiro atoms. The van der Waals surface area contributed by atoms with E-state index < -0.39 is 50.6 Å². The van der Waals surface area contributed by atoms with Gasteiger partial charge in [0.05, 0.1) is 0 Å². The van der Waals surface area contributed by atoms with Gasteiger partial charge in [-0.05, 0) is 22.6 Å². The smallest absolute Gasteiger partial charge is 0.369 e. The lowest BCUT2D eigenvalue weighted by molar-refractivity contribution is -0.378. The van der Waals surface area contributed by atoms with Crippen LogP contribution in [0.3, 0.4) is 0 Å². The fourth-order valence-corrected chi connectivity index (χ4v) is 3.16. The van der Waals surface area contributed by atoms with Crippen molar-refractivity contribution < 1.29 is 62.9 Å². The van der Waals surface area contributed by atoms with Crippen molar-refractivity contribution in [2.45, 2.75) is 35.9 Å². The summed E-state index contributed by atoms with van der Waals surface area (Å²) >= 11 is 0.331. The maximum absolute atomic E-state index is 12.9. The van der Waals surface area contributed by atoms with Crippen LogP contribution < -0.4 is 0 Å². The van der Waals surface area contributed by atoms with Gasteiger partial charge in [-0.15, -0.1) is 0 Å². The summed E-state index contributed by atoms with van der Waals surface area (Å²) in [7, 11) is 0. The first-order valence-electron chi connectivity index (χ1n) is 6.15. The zero-order valence-electron chi connectivity index (χ0n) is 12.0. The molecule has 0 unspecified atom stereocenters. The second-order valence-electron chi connectivity index (χ2n) is 5.08. The summed E-state index contributed by atoms with van der Waals surface area (Å²) < 4.78 is 153. The monoisotopic (exact) mass is 536 g/mol. The number of alkyl halides is 12. The van der Waals surface area contributed by atoms with Gasteiger partial charge in [0.15, 0.2) is 0 Å². The summed E-state index contributed by atoms with van der Waals surface area (Å²) in [6.07, 6.45) is -26.2. The van der Waals surface area contributed by atoms with Crippen molar-refractivity contribution in [3.63, 3.8) is 0 Å². The SMILES string of the molecule is OC(c1cccc(C(O)(C(F)(F)F)C(F)(F)F)c1I)(C(F)(F)F)C(F)(F)F. The highest BCUT2D eigenvalue weighted by Gasteiger charge is 2.74. The van der Waals surface area contributed by atoms with Crippen molar-refractivity contribution in [1.29, 1.82) is 0 Å². The van der Waals surface area contributed by atoms with Crippen LogP contribution in [0.2, 0.25) is 0 Å². The number of rotatable bonds is 2. The summed E-state index contributed by atoms with van der Waals surface area (Å²) in [5, 5.41) is 18.5. The van der Waals surface area contributed by atoms with Crippen molar-refractivity contribution in [3.05, 3.63) is 32.9 Å². The van der Waals surface area contributed by atoms with Crippen LogP contribution in [0.5, 0.6) is 0 Å². The van der Waals surface area contributed by atoms with E-state index >= 15 is 0 Å². The highest BCUT2D eigenvalue weighted by Crippen LogP contribution is 2.55. The predicted octanol–water partition coefficient (Wildman–Crippen LogP) is 4.92. The number of hydrogen-bond acceptors (Lipinski definition) is 2. The van der Waals surface area contributed by atoms with Crippen LogP contribution in [-0.4, -0.2) is 34.9 Å². The van der Waals surface area contributed by atoms with E-state index in [1.54, 1.807) is 0 Å². The second-order valence-corrected chi connectivity index (χ2v) is 6.16. The van der Waals surface area contributed by atoms with E-state index in [4.69, 9.17) is 0 Å². The minimum atomic E-state index is -6.56. The van der Waals surface area contributed by atoms with Crippen molar-refractivity contribution >= 4 is 22.6 Å². The molecular weight excluding hydrogens is 531 g/mol. The number of benzene rings is 1. The third kappa shape index (κ3) is 3.56. The summed E-state index contributed by atoms with van der Waals surface area (Å²) in [4.78, 5) is 0. The Morgan fingerprint density at radius 1 is 0.556 bits per heavy atom. The molecule has 2 N–H and O–H groups in total. The fraction of sp³-hybridized carbons (Fsp3) is 0.500. The summed E-state index contributed by atoms with van der Waals surface area (Å²) in [5.41, 5.74) is -16.3. The molecule has 0 saturated heterocycles. The Morgan fingerprint density at radius 3 is 0.963 bits per heavy atom. The van der Waals surface area contributed by atoms with E-state index in [-0.39, 0.29) is 18.2 Å². The molecule has 2 nitrogen and oxygen atoms in total. The van der Waals surface area contributed by atoms with Gasteiger partial charge in [-0.2, -0.15) is 52.7 Å². The first-order valence-corrected chi connectivity index (χ1v) is 7.23. The largest absolute Gasteiger partial charge is 0.430 e. The molecule has 0 bridgehead atoms. The van der Waals surface area contributed by atoms with Crippen LogP contribution in [0.4, 0.5) is 52.7 Å². The van der Waals surface area contributed by atoms with E-state index in [0.29, 0.717) is 22.6 Å². The van der Waals surface area contributed by atoms with Gasteiger partial charge >= 0.3 is 24.7 Å². The first-order chi connectivity index (χ1) is 11.6. The zero-order valence-corrected chi connectivity index (χ0v) is 14.2.